The summed E-state index contributed by atoms with van der Waals surface area (Å²) in [6.45, 7) is 1.23. The number of halogens is 1. The van der Waals surface area contributed by atoms with E-state index in [2.05, 4.69) is 4.99 Å². The molecule has 0 aliphatic carbocycles. The number of carbonyl (C=O) groups is 1. The van der Waals surface area contributed by atoms with Crippen molar-refractivity contribution in [3.05, 3.63) is 136 Å². The Bertz CT molecular complexity index is 1760. The molecule has 11 heteroatoms. The average Bonchev–Trinajstić information content (AvgIpc) is 3.53. The molecule has 4 aromatic rings. The zero-order valence-corrected chi connectivity index (χ0v) is 26.1. The molecular weight excluding hydrogens is 610 g/mol. The summed E-state index contributed by atoms with van der Waals surface area (Å²) in [6.07, 6.45) is 2.04. The van der Waals surface area contributed by atoms with Crippen LogP contribution >= 0.6 is 11.6 Å². The topological polar surface area (TPSA) is 131 Å². The first-order valence-corrected chi connectivity index (χ1v) is 16.2. The van der Waals surface area contributed by atoms with Crippen LogP contribution in [0.1, 0.15) is 33.5 Å². The van der Waals surface area contributed by atoms with Crippen molar-refractivity contribution in [1.82, 2.24) is 9.21 Å². The zero-order valence-electron chi connectivity index (χ0n) is 24.5. The molecule has 4 aromatic carbocycles. The SMILES string of the molecule is NC(N)=Nc1ccc(C(=O)N2CCC(N(Cc3ccc(OCc4ccccc4)cc3)S(=O)(=O)/C=C/c3ccc(Cl)cc3)C2)cc1. The maximum atomic E-state index is 13.8. The highest BCUT2D eigenvalue weighted by atomic mass is 35.5. The molecule has 1 unspecified atom stereocenters. The quantitative estimate of drug-likeness (QED) is 0.163. The molecule has 1 amide bonds. The second kappa shape index (κ2) is 14.4. The highest BCUT2D eigenvalue weighted by Crippen LogP contribution is 2.26. The molecule has 1 fully saturated rings. The van der Waals surface area contributed by atoms with Gasteiger partial charge in [-0.25, -0.2) is 13.4 Å². The molecule has 0 spiro atoms. The maximum Gasteiger partial charge on any atom is 0.253 e. The first-order chi connectivity index (χ1) is 21.7. The predicted molar refractivity (Wildman–Crippen MR) is 178 cm³/mol. The van der Waals surface area contributed by atoms with Gasteiger partial charge in [0, 0.05) is 41.7 Å². The van der Waals surface area contributed by atoms with E-state index < -0.39 is 16.1 Å². The van der Waals surface area contributed by atoms with Crippen LogP contribution in [0.2, 0.25) is 5.02 Å². The van der Waals surface area contributed by atoms with Crippen molar-refractivity contribution in [2.45, 2.75) is 25.6 Å². The van der Waals surface area contributed by atoms with Gasteiger partial charge in [0.25, 0.3) is 5.91 Å². The van der Waals surface area contributed by atoms with Crippen molar-refractivity contribution in [2.24, 2.45) is 16.5 Å². The third kappa shape index (κ3) is 8.72. The summed E-state index contributed by atoms with van der Waals surface area (Å²) < 4.78 is 35.0. The van der Waals surface area contributed by atoms with E-state index in [1.165, 1.54) is 9.71 Å². The van der Waals surface area contributed by atoms with Crippen LogP contribution in [-0.4, -0.2) is 48.6 Å². The second-order valence-electron chi connectivity index (χ2n) is 10.6. The number of benzene rings is 4. The van der Waals surface area contributed by atoms with E-state index in [0.29, 0.717) is 47.2 Å². The number of aliphatic imine (C=N–C) groups is 1. The minimum absolute atomic E-state index is 0.0720. The van der Waals surface area contributed by atoms with Crippen LogP contribution < -0.4 is 16.2 Å². The van der Waals surface area contributed by atoms with Crippen molar-refractivity contribution in [2.75, 3.05) is 13.1 Å². The van der Waals surface area contributed by atoms with E-state index in [4.69, 9.17) is 27.8 Å². The largest absolute Gasteiger partial charge is 0.489 e. The van der Waals surface area contributed by atoms with Crippen molar-refractivity contribution >= 4 is 45.3 Å². The van der Waals surface area contributed by atoms with Gasteiger partial charge < -0.3 is 21.1 Å². The van der Waals surface area contributed by atoms with Gasteiger partial charge in [-0.1, -0.05) is 66.2 Å². The molecule has 1 atom stereocenters. The van der Waals surface area contributed by atoms with Gasteiger partial charge in [0.2, 0.25) is 10.0 Å². The Morgan fingerprint density at radius 3 is 2.29 bits per heavy atom. The number of nitrogens with zero attached hydrogens (tertiary/aromatic N) is 3. The van der Waals surface area contributed by atoms with E-state index in [1.807, 2.05) is 54.6 Å². The van der Waals surface area contributed by atoms with Crippen LogP contribution in [0.15, 0.2) is 114 Å². The molecule has 0 radical (unpaired) electrons. The lowest BCUT2D eigenvalue weighted by atomic mass is 10.2. The standard InChI is InChI=1S/C34H34ClN5O4S/c35-29-12-6-25(7-13-29)19-21-45(42,43)40(22-26-8-16-32(17-9-26)44-24-27-4-2-1-3-5-27)31-18-20-39(23-31)33(41)28-10-14-30(15-11-28)38-34(36)37/h1-17,19,21,31H,18,20,22-24H2,(H4,36,37,38)/b21-19+. The highest BCUT2D eigenvalue weighted by molar-refractivity contribution is 7.92. The van der Waals surface area contributed by atoms with E-state index in [1.54, 1.807) is 59.5 Å². The van der Waals surface area contributed by atoms with Gasteiger partial charge in [-0.2, -0.15) is 4.31 Å². The van der Waals surface area contributed by atoms with Gasteiger partial charge >= 0.3 is 0 Å². The van der Waals surface area contributed by atoms with Crippen LogP contribution in [0.3, 0.4) is 0 Å². The first-order valence-electron chi connectivity index (χ1n) is 14.4. The molecule has 1 aliphatic heterocycles. The number of hydrogen-bond acceptors (Lipinski definition) is 5. The lowest BCUT2D eigenvalue weighted by molar-refractivity contribution is 0.0784. The number of likely N-dealkylation sites (tertiary alicyclic amines) is 1. The number of carbonyl (C=O) groups excluding carboxylic acids is 1. The molecule has 4 N–H and O–H groups in total. The zero-order chi connectivity index (χ0) is 31.8. The monoisotopic (exact) mass is 643 g/mol. The van der Waals surface area contributed by atoms with Crippen LogP contribution in [0, 0.1) is 0 Å². The van der Waals surface area contributed by atoms with Gasteiger partial charge in [-0.3, -0.25) is 4.79 Å². The molecule has 0 saturated carbocycles. The fraction of sp³-hybridized carbons (Fsp3) is 0.176. The Morgan fingerprint density at radius 1 is 0.933 bits per heavy atom. The Kier molecular flexibility index (Phi) is 10.2. The molecule has 1 saturated heterocycles. The Hall–Kier alpha value is -4.64. The Labute approximate surface area is 268 Å². The van der Waals surface area contributed by atoms with Crippen molar-refractivity contribution < 1.29 is 17.9 Å². The van der Waals surface area contributed by atoms with Gasteiger partial charge in [0.15, 0.2) is 5.96 Å². The summed E-state index contributed by atoms with van der Waals surface area (Å²) in [5.74, 6) is 0.420. The third-order valence-corrected chi connectivity index (χ3v) is 9.18. The molecule has 1 aliphatic rings. The molecule has 0 aromatic heterocycles. The van der Waals surface area contributed by atoms with Gasteiger partial charge in [-0.05, 0) is 77.7 Å². The summed E-state index contributed by atoms with van der Waals surface area (Å²) in [6, 6.07) is 30.4. The minimum Gasteiger partial charge on any atom is -0.489 e. The number of nitrogens with two attached hydrogens (primary N) is 2. The number of hydrogen-bond donors (Lipinski definition) is 2. The average molecular weight is 644 g/mol. The number of sulfonamides is 1. The number of guanidine groups is 1. The van der Waals surface area contributed by atoms with Crippen molar-refractivity contribution in [3.8, 4) is 5.75 Å². The van der Waals surface area contributed by atoms with Crippen LogP contribution in [0.25, 0.3) is 6.08 Å². The van der Waals surface area contributed by atoms with E-state index >= 15 is 0 Å². The third-order valence-electron chi connectivity index (χ3n) is 7.37. The lowest BCUT2D eigenvalue weighted by Gasteiger charge is -2.27. The molecule has 45 heavy (non-hydrogen) atoms. The van der Waals surface area contributed by atoms with Crippen LogP contribution in [0.4, 0.5) is 5.69 Å². The fourth-order valence-electron chi connectivity index (χ4n) is 5.03. The normalized spacial score (nSPS) is 15.0. The van der Waals surface area contributed by atoms with Crippen molar-refractivity contribution in [1.29, 1.82) is 0 Å². The predicted octanol–water partition coefficient (Wildman–Crippen LogP) is 5.54. The Morgan fingerprint density at radius 2 is 1.62 bits per heavy atom. The second-order valence-corrected chi connectivity index (χ2v) is 12.8. The highest BCUT2D eigenvalue weighted by Gasteiger charge is 2.36. The molecule has 1 heterocycles. The Balaban J connectivity index is 1.33. The lowest BCUT2D eigenvalue weighted by Crippen LogP contribution is -2.41. The maximum absolute atomic E-state index is 13.8. The van der Waals surface area contributed by atoms with Crippen LogP contribution in [0.5, 0.6) is 5.75 Å². The van der Waals surface area contributed by atoms with Crippen molar-refractivity contribution in [3.63, 3.8) is 0 Å². The summed E-state index contributed by atoms with van der Waals surface area (Å²) in [5.41, 5.74) is 14.4. The summed E-state index contributed by atoms with van der Waals surface area (Å²) in [7, 11) is -3.89. The molecule has 0 bridgehead atoms. The van der Waals surface area contributed by atoms with E-state index in [9.17, 15) is 13.2 Å². The fourth-order valence-corrected chi connectivity index (χ4v) is 6.56. The molecule has 9 nitrogen and oxygen atoms in total. The number of amides is 1. The van der Waals surface area contributed by atoms with Gasteiger partial charge in [-0.15, -0.1) is 0 Å². The summed E-state index contributed by atoms with van der Waals surface area (Å²) in [5, 5.41) is 1.77. The summed E-state index contributed by atoms with van der Waals surface area (Å²) >= 11 is 5.99. The minimum atomic E-state index is -3.89. The van der Waals surface area contributed by atoms with Gasteiger partial charge in [0.1, 0.15) is 12.4 Å². The molecule has 232 valence electrons. The smallest absolute Gasteiger partial charge is 0.253 e. The van der Waals surface area contributed by atoms with E-state index in [-0.39, 0.29) is 25.0 Å². The summed E-state index contributed by atoms with van der Waals surface area (Å²) in [4.78, 5) is 19.0. The van der Waals surface area contributed by atoms with Crippen LogP contribution in [-0.2, 0) is 23.2 Å². The number of ether oxygens (including phenoxy) is 1. The number of rotatable bonds is 11. The molecule has 5 rings (SSSR count). The molecular formula is C34H34ClN5O4S. The van der Waals surface area contributed by atoms with E-state index in [0.717, 1.165) is 11.1 Å². The van der Waals surface area contributed by atoms with Gasteiger partial charge in [0.05, 0.1) is 5.69 Å². The first kappa shape index (κ1) is 31.8.